The van der Waals surface area contributed by atoms with Gasteiger partial charge in [-0.2, -0.15) is 0 Å². The Bertz CT molecular complexity index is 2060. The molecule has 2 N–H and O–H groups in total. The lowest BCUT2D eigenvalue weighted by Crippen LogP contribution is -2.33. The van der Waals surface area contributed by atoms with Gasteiger partial charge in [-0.15, -0.1) is 0 Å². The van der Waals surface area contributed by atoms with E-state index in [4.69, 9.17) is 9.98 Å². The molecule has 1 saturated heterocycles. The zero-order chi connectivity index (χ0) is 30.9. The summed E-state index contributed by atoms with van der Waals surface area (Å²) in [4.78, 5) is 27.9. The zero-order valence-corrected chi connectivity index (χ0v) is 28.0. The number of benzene rings is 2. The lowest BCUT2D eigenvalue weighted by molar-refractivity contribution is -0.124. The molecule has 0 aliphatic carbocycles. The van der Waals surface area contributed by atoms with Crippen LogP contribution >= 0.6 is 22.6 Å². The Balaban J connectivity index is 1.59. The van der Waals surface area contributed by atoms with Crippen LogP contribution in [-0.4, -0.2) is 34.3 Å². The van der Waals surface area contributed by atoms with Crippen molar-refractivity contribution >= 4 is 50.9 Å². The van der Waals surface area contributed by atoms with Crippen molar-refractivity contribution in [3.63, 3.8) is 0 Å². The highest BCUT2D eigenvalue weighted by Crippen LogP contribution is 2.38. The normalized spacial score (nSPS) is 27.4. The number of aromatic amines is 1. The lowest BCUT2D eigenvalue weighted by atomic mass is 9.82. The van der Waals surface area contributed by atoms with Crippen molar-refractivity contribution in [3.05, 3.63) is 138 Å². The van der Waals surface area contributed by atoms with E-state index in [1.54, 1.807) is 0 Å². The number of halogens is 1. The molecule has 2 aromatic carbocycles. The molecular formula is C38H35IN4O. The number of rotatable bonds is 2. The molecule has 1 fully saturated rings. The molecule has 1 aromatic heterocycles. The summed E-state index contributed by atoms with van der Waals surface area (Å²) < 4.78 is 0.907. The number of carbonyl (C=O) groups excluding carboxylic acids is 1. The summed E-state index contributed by atoms with van der Waals surface area (Å²) in [5, 5.41) is 5.60. The van der Waals surface area contributed by atoms with Crippen molar-refractivity contribution in [2.75, 3.05) is 0 Å². The Morgan fingerprint density at radius 3 is 2.11 bits per heavy atom. The average molecular weight is 691 g/mol. The smallest absolute Gasteiger partial charge is 0.162 e. The van der Waals surface area contributed by atoms with Crippen LogP contribution in [-0.2, 0) is 4.79 Å². The molecule has 2 unspecified atom stereocenters. The van der Waals surface area contributed by atoms with E-state index >= 15 is 0 Å². The fraction of sp³-hybridized carbons (Fsp3) is 0.237. The maximum atomic E-state index is 13.8. The third kappa shape index (κ3) is 4.75. The Kier molecular flexibility index (Phi) is 6.98. The number of fused-ring (bicyclic) bond motifs is 6. The molecule has 5 nitrogen and oxygen atoms in total. The molecule has 4 aliphatic rings. The predicted octanol–water partition coefficient (Wildman–Crippen LogP) is 6.15. The second-order valence-electron chi connectivity index (χ2n) is 12.8. The minimum atomic E-state index is -0.603. The lowest BCUT2D eigenvalue weighted by Gasteiger charge is -2.21. The third-order valence-electron chi connectivity index (χ3n) is 9.16. The van der Waals surface area contributed by atoms with Gasteiger partial charge in [0.1, 0.15) is 6.04 Å². The number of hydrogen-bond donors (Lipinski definition) is 2. The van der Waals surface area contributed by atoms with E-state index in [2.05, 4.69) is 133 Å². The van der Waals surface area contributed by atoms with E-state index in [-0.39, 0.29) is 11.8 Å². The summed E-state index contributed by atoms with van der Waals surface area (Å²) in [7, 11) is 0. The van der Waals surface area contributed by atoms with E-state index in [1.807, 2.05) is 19.9 Å². The van der Waals surface area contributed by atoms with Gasteiger partial charge >= 0.3 is 0 Å². The van der Waals surface area contributed by atoms with Gasteiger partial charge in [-0.25, -0.2) is 9.98 Å². The summed E-state index contributed by atoms with van der Waals surface area (Å²) in [6.07, 6.45) is 10.4. The molecule has 5 heterocycles. The van der Waals surface area contributed by atoms with E-state index in [9.17, 15) is 4.79 Å². The van der Waals surface area contributed by atoms with Gasteiger partial charge < -0.3 is 4.98 Å². The van der Waals surface area contributed by atoms with Crippen LogP contribution in [0, 0.1) is 33.1 Å². The van der Waals surface area contributed by atoms with Gasteiger partial charge in [0, 0.05) is 36.9 Å². The molecule has 0 amide bonds. The minimum Gasteiger partial charge on any atom is -0.354 e. The summed E-state index contributed by atoms with van der Waals surface area (Å²) in [5.41, 5.74) is 12.0. The summed E-state index contributed by atoms with van der Waals surface area (Å²) in [6, 6.07) is 16.8. The van der Waals surface area contributed by atoms with Gasteiger partial charge in [-0.1, -0.05) is 61.4 Å². The number of aryl methyl sites for hydroxylation is 4. The van der Waals surface area contributed by atoms with Gasteiger partial charge in [-0.05, 0) is 115 Å². The number of aromatic nitrogens is 1. The number of nitrogens with one attached hydrogen (secondary N) is 2. The van der Waals surface area contributed by atoms with Crippen LogP contribution in [0.4, 0.5) is 0 Å². The van der Waals surface area contributed by atoms with E-state index in [0.29, 0.717) is 0 Å². The molecule has 220 valence electrons. The summed E-state index contributed by atoms with van der Waals surface area (Å²) >= 11 is 2.31. The molecule has 0 spiro atoms. The second kappa shape index (κ2) is 10.6. The van der Waals surface area contributed by atoms with Gasteiger partial charge in [-0.3, -0.25) is 10.1 Å². The highest BCUT2D eigenvalue weighted by atomic mass is 127. The number of carbonyl (C=O) groups is 1. The van der Waals surface area contributed by atoms with E-state index in [0.717, 1.165) is 53.8 Å². The maximum Gasteiger partial charge on any atom is 0.162 e. The number of nitrogens with zero attached hydrogens (tertiary/aromatic N) is 2. The summed E-state index contributed by atoms with van der Waals surface area (Å²) in [6.45, 7) is 12.6. The zero-order valence-electron chi connectivity index (χ0n) is 25.8. The van der Waals surface area contributed by atoms with Crippen LogP contribution in [0.2, 0.25) is 0 Å². The first-order valence-electron chi connectivity index (χ1n) is 15.1. The highest BCUT2D eigenvalue weighted by molar-refractivity contribution is 14.1. The number of Topliss-reactive ketones (excluding diaryl/α,β-unsaturated/α-hetero) is 1. The third-order valence-corrected chi connectivity index (χ3v) is 10.3. The quantitative estimate of drug-likeness (QED) is 0.317. The first kappa shape index (κ1) is 28.9. The van der Waals surface area contributed by atoms with Crippen molar-refractivity contribution in [3.8, 4) is 0 Å². The standard InChI is InChI=1S/C38H35IN4O/c1-20-7-9-24(10-8-20)33-26-12-11-25(40-26)19-31-38(5,6)37(44)36(43-31)35(39)30-16-15-29(42-30)34(28-14-13-27(33)41-28)32-22(3)17-21(2)18-23(32)4/h7-19,31,36,41,43H,1-6H3/b25-19-,33-27-,34-28+,35-30+. The van der Waals surface area contributed by atoms with Crippen molar-refractivity contribution in [1.29, 1.82) is 0 Å². The fourth-order valence-electron chi connectivity index (χ4n) is 6.82. The molecule has 6 heteroatoms. The van der Waals surface area contributed by atoms with Crippen molar-refractivity contribution in [2.45, 2.75) is 53.6 Å². The average Bonchev–Trinajstić information content (AvgIpc) is 3.77. The van der Waals surface area contributed by atoms with Gasteiger partial charge in [0.15, 0.2) is 5.78 Å². The number of ketones is 1. The predicted molar refractivity (Wildman–Crippen MR) is 189 cm³/mol. The SMILES string of the molecule is Cc1ccc(/C2=c3\cc/c([nH]3)=C(\c3c(C)cc(C)cc3C)C3=N/C(=C(/I)C4NC(/C=C5/C=CC2=N5)C(C)(C)C4=O)C=C3)cc1. The largest absolute Gasteiger partial charge is 0.354 e. The second-order valence-corrected chi connectivity index (χ2v) is 14.0. The Morgan fingerprint density at radius 2 is 1.41 bits per heavy atom. The van der Waals surface area contributed by atoms with Crippen LogP contribution in [0.3, 0.4) is 0 Å². The van der Waals surface area contributed by atoms with E-state index in [1.165, 1.54) is 27.8 Å². The summed E-state index contributed by atoms with van der Waals surface area (Å²) in [5.74, 6) is 0.165. The van der Waals surface area contributed by atoms with Crippen LogP contribution in [0.5, 0.6) is 0 Å². The molecule has 8 bridgehead atoms. The van der Waals surface area contributed by atoms with Crippen LogP contribution in [0.15, 0.2) is 104 Å². The maximum absolute atomic E-state index is 13.8. The molecule has 3 aromatic rings. The minimum absolute atomic E-state index is 0.165. The molecule has 7 rings (SSSR count). The molecule has 2 atom stereocenters. The molecular weight excluding hydrogens is 655 g/mol. The highest BCUT2D eigenvalue weighted by Gasteiger charge is 2.48. The number of allylic oxidation sites excluding steroid dienone is 4. The first-order chi connectivity index (χ1) is 21.0. The Morgan fingerprint density at radius 1 is 0.773 bits per heavy atom. The number of H-pyrrole nitrogens is 1. The van der Waals surface area contributed by atoms with Crippen molar-refractivity contribution in [1.82, 2.24) is 10.3 Å². The van der Waals surface area contributed by atoms with Gasteiger partial charge in [0.05, 0.1) is 22.8 Å². The monoisotopic (exact) mass is 690 g/mol. The van der Waals surface area contributed by atoms with Crippen LogP contribution < -0.4 is 16.0 Å². The van der Waals surface area contributed by atoms with E-state index < -0.39 is 11.5 Å². The fourth-order valence-corrected chi connectivity index (χ4v) is 7.58. The topological polar surface area (TPSA) is 69.6 Å². The molecule has 0 saturated carbocycles. The molecule has 0 radical (unpaired) electrons. The number of hydrogen-bond acceptors (Lipinski definition) is 4. The molecule has 4 aliphatic heterocycles. The van der Waals surface area contributed by atoms with Crippen LogP contribution in [0.25, 0.3) is 11.1 Å². The van der Waals surface area contributed by atoms with Crippen molar-refractivity contribution in [2.24, 2.45) is 15.4 Å². The van der Waals surface area contributed by atoms with Gasteiger partial charge in [0.25, 0.3) is 0 Å². The Labute approximate surface area is 271 Å². The van der Waals surface area contributed by atoms with Gasteiger partial charge in [0.2, 0.25) is 0 Å². The number of aliphatic imine (C=N–C) groups is 2. The molecule has 44 heavy (non-hydrogen) atoms. The van der Waals surface area contributed by atoms with Crippen molar-refractivity contribution < 1.29 is 4.79 Å². The van der Waals surface area contributed by atoms with Crippen LogP contribution in [0.1, 0.15) is 47.2 Å². The first-order valence-corrected chi connectivity index (χ1v) is 16.1. The Hall–Kier alpha value is -3.88.